The van der Waals surface area contributed by atoms with Gasteiger partial charge >= 0.3 is 5.97 Å². The molecule has 0 aliphatic carbocycles. The average molecular weight is 362 g/mol. The molecule has 138 valence electrons. The number of ether oxygens (including phenoxy) is 1. The summed E-state index contributed by atoms with van der Waals surface area (Å²) < 4.78 is 5.14. The zero-order valence-corrected chi connectivity index (χ0v) is 14.2. The molecule has 1 N–H and O–H groups in total. The standard InChI is InChI=1S/C17H18N2O7/c1-8-13-12(9(2)20)16(22)18(13)14(15(8)21)17(23)26-7-10-3-5-11(6-4-10)19(24)25/h3-6,8-9,12-14,20H,7H2,1-2H3/t8?,9-,12+,13?,14?/m1/s1. The minimum Gasteiger partial charge on any atom is -0.459 e. The van der Waals surface area contributed by atoms with Crippen LogP contribution in [-0.4, -0.2) is 50.8 Å². The summed E-state index contributed by atoms with van der Waals surface area (Å²) >= 11 is 0. The van der Waals surface area contributed by atoms with E-state index in [1.54, 1.807) is 6.92 Å². The molecule has 0 aromatic heterocycles. The number of aliphatic hydroxyl groups excluding tert-OH is 1. The van der Waals surface area contributed by atoms with Crippen molar-refractivity contribution in [2.24, 2.45) is 11.8 Å². The first-order valence-electron chi connectivity index (χ1n) is 8.18. The van der Waals surface area contributed by atoms with Gasteiger partial charge in [-0.05, 0) is 24.6 Å². The number of nitrogens with zero attached hydrogens (tertiary/aromatic N) is 2. The number of hydrogen-bond acceptors (Lipinski definition) is 7. The van der Waals surface area contributed by atoms with Gasteiger partial charge in [-0.3, -0.25) is 19.7 Å². The number of hydrogen-bond donors (Lipinski definition) is 1. The molecular formula is C17H18N2O7. The number of carbonyl (C=O) groups is 3. The fourth-order valence-electron chi connectivity index (χ4n) is 3.63. The quantitative estimate of drug-likeness (QED) is 0.265. The second-order valence-electron chi connectivity index (χ2n) is 6.63. The van der Waals surface area contributed by atoms with E-state index in [0.717, 1.165) is 0 Å². The third-order valence-electron chi connectivity index (χ3n) is 5.01. The first kappa shape index (κ1) is 18.0. The van der Waals surface area contributed by atoms with Crippen LogP contribution in [0.2, 0.25) is 0 Å². The van der Waals surface area contributed by atoms with Crippen molar-refractivity contribution in [2.45, 2.75) is 38.6 Å². The Labute approximate surface area is 148 Å². The van der Waals surface area contributed by atoms with Crippen LogP contribution >= 0.6 is 0 Å². The number of carbonyl (C=O) groups excluding carboxylic acids is 3. The highest BCUT2D eigenvalue weighted by molar-refractivity contribution is 6.12. The number of aliphatic hydroxyl groups is 1. The molecule has 2 aliphatic heterocycles. The number of amides is 1. The molecule has 0 bridgehead atoms. The van der Waals surface area contributed by atoms with Gasteiger partial charge in [-0.15, -0.1) is 0 Å². The molecule has 0 radical (unpaired) electrons. The van der Waals surface area contributed by atoms with E-state index in [1.807, 2.05) is 0 Å². The third kappa shape index (κ3) is 2.74. The molecule has 1 amide bonds. The number of Topliss-reactive ketones (excluding diaryl/α,β-unsaturated/α-hetero) is 1. The number of nitro groups is 1. The maximum atomic E-state index is 12.4. The van der Waals surface area contributed by atoms with Crippen LogP contribution in [0, 0.1) is 22.0 Å². The highest BCUT2D eigenvalue weighted by Gasteiger charge is 2.64. The van der Waals surface area contributed by atoms with E-state index in [4.69, 9.17) is 4.74 Å². The van der Waals surface area contributed by atoms with Crippen molar-refractivity contribution in [2.75, 3.05) is 0 Å². The highest BCUT2D eigenvalue weighted by atomic mass is 16.6. The second kappa shape index (κ2) is 6.49. The summed E-state index contributed by atoms with van der Waals surface area (Å²) in [4.78, 5) is 48.2. The van der Waals surface area contributed by atoms with Crippen LogP contribution in [0.3, 0.4) is 0 Å². The van der Waals surface area contributed by atoms with E-state index >= 15 is 0 Å². The maximum Gasteiger partial charge on any atom is 0.337 e. The van der Waals surface area contributed by atoms with Crippen molar-refractivity contribution >= 4 is 23.3 Å². The van der Waals surface area contributed by atoms with Crippen molar-refractivity contribution in [1.29, 1.82) is 0 Å². The van der Waals surface area contributed by atoms with E-state index in [9.17, 15) is 29.6 Å². The van der Waals surface area contributed by atoms with E-state index < -0.39 is 52.6 Å². The number of nitro benzene ring substituents is 1. The molecule has 3 rings (SSSR count). The molecule has 0 spiro atoms. The number of fused-ring (bicyclic) bond motifs is 1. The molecule has 26 heavy (non-hydrogen) atoms. The summed E-state index contributed by atoms with van der Waals surface area (Å²) in [5.74, 6) is -2.90. The van der Waals surface area contributed by atoms with Crippen LogP contribution in [0.1, 0.15) is 19.4 Å². The average Bonchev–Trinajstić information content (AvgIpc) is 2.81. The summed E-state index contributed by atoms with van der Waals surface area (Å²) in [6.07, 6.45) is -0.895. The number of esters is 1. The first-order valence-corrected chi connectivity index (χ1v) is 8.18. The van der Waals surface area contributed by atoms with Gasteiger partial charge in [-0.1, -0.05) is 6.92 Å². The SMILES string of the molecule is CC1C(=O)C(C(=O)OCc2ccc([N+](=O)[O-])cc2)N2C(=O)[C@@H]([C@@H](C)O)C12. The van der Waals surface area contributed by atoms with E-state index in [2.05, 4.69) is 0 Å². The summed E-state index contributed by atoms with van der Waals surface area (Å²) in [6, 6.07) is 3.68. The molecule has 2 heterocycles. The number of non-ortho nitro benzene ring substituents is 1. The Kier molecular flexibility index (Phi) is 4.49. The summed E-state index contributed by atoms with van der Waals surface area (Å²) in [5.41, 5.74) is 0.439. The third-order valence-corrected chi connectivity index (χ3v) is 5.01. The summed E-state index contributed by atoms with van der Waals surface area (Å²) in [5, 5.41) is 20.3. The molecule has 1 aromatic carbocycles. The van der Waals surface area contributed by atoms with Gasteiger partial charge in [-0.2, -0.15) is 0 Å². The van der Waals surface area contributed by atoms with E-state index in [-0.39, 0.29) is 12.3 Å². The molecule has 0 saturated carbocycles. The van der Waals surface area contributed by atoms with Gasteiger partial charge in [-0.25, -0.2) is 4.79 Å². The van der Waals surface area contributed by atoms with Crippen molar-refractivity contribution in [3.05, 3.63) is 39.9 Å². The normalized spacial score (nSPS) is 28.3. The fourth-order valence-corrected chi connectivity index (χ4v) is 3.63. The Balaban J connectivity index is 1.67. The van der Waals surface area contributed by atoms with Crippen LogP contribution in [0.25, 0.3) is 0 Å². The van der Waals surface area contributed by atoms with E-state index in [1.165, 1.54) is 36.1 Å². The Morgan fingerprint density at radius 3 is 2.50 bits per heavy atom. The van der Waals surface area contributed by atoms with E-state index in [0.29, 0.717) is 5.56 Å². The smallest absolute Gasteiger partial charge is 0.337 e. The van der Waals surface area contributed by atoms with Crippen LogP contribution in [0.4, 0.5) is 5.69 Å². The fraction of sp³-hybridized carbons (Fsp3) is 0.471. The van der Waals surface area contributed by atoms with Gasteiger partial charge < -0.3 is 14.7 Å². The Hall–Kier alpha value is -2.81. The molecule has 2 aliphatic rings. The molecule has 2 fully saturated rings. The lowest BCUT2D eigenvalue weighted by Crippen LogP contribution is -2.65. The summed E-state index contributed by atoms with van der Waals surface area (Å²) in [6.45, 7) is 2.95. The lowest BCUT2D eigenvalue weighted by Gasteiger charge is -2.46. The first-order chi connectivity index (χ1) is 12.2. The molecule has 1 aromatic rings. The van der Waals surface area contributed by atoms with Gasteiger partial charge in [0.15, 0.2) is 11.8 Å². The lowest BCUT2D eigenvalue weighted by atomic mass is 9.79. The van der Waals surface area contributed by atoms with Crippen LogP contribution in [0.15, 0.2) is 24.3 Å². The van der Waals surface area contributed by atoms with Crippen molar-refractivity contribution in [1.82, 2.24) is 4.90 Å². The van der Waals surface area contributed by atoms with Gasteiger partial charge in [0.05, 0.1) is 23.0 Å². The Morgan fingerprint density at radius 2 is 1.96 bits per heavy atom. The number of rotatable bonds is 5. The monoisotopic (exact) mass is 362 g/mol. The van der Waals surface area contributed by atoms with Gasteiger partial charge in [0.25, 0.3) is 5.69 Å². The van der Waals surface area contributed by atoms with Gasteiger partial charge in [0.1, 0.15) is 6.61 Å². The van der Waals surface area contributed by atoms with Crippen LogP contribution < -0.4 is 0 Å². The minimum absolute atomic E-state index is 0.0851. The van der Waals surface area contributed by atoms with Crippen LogP contribution in [0.5, 0.6) is 0 Å². The predicted octanol–water partition coefficient (Wildman–Crippen LogP) is 0.433. The van der Waals surface area contributed by atoms with Gasteiger partial charge in [0, 0.05) is 18.1 Å². The lowest BCUT2D eigenvalue weighted by molar-refractivity contribution is -0.384. The zero-order valence-electron chi connectivity index (χ0n) is 14.2. The molecule has 9 nitrogen and oxygen atoms in total. The minimum atomic E-state index is -1.30. The van der Waals surface area contributed by atoms with Crippen molar-refractivity contribution < 1.29 is 29.2 Å². The topological polar surface area (TPSA) is 127 Å². The molecular weight excluding hydrogens is 344 g/mol. The van der Waals surface area contributed by atoms with Gasteiger partial charge in [0.2, 0.25) is 5.91 Å². The second-order valence-corrected chi connectivity index (χ2v) is 6.63. The molecule has 2 saturated heterocycles. The predicted molar refractivity (Wildman–Crippen MR) is 86.7 cm³/mol. The Bertz CT molecular complexity index is 774. The van der Waals surface area contributed by atoms with Crippen molar-refractivity contribution in [3.63, 3.8) is 0 Å². The Morgan fingerprint density at radius 1 is 1.35 bits per heavy atom. The van der Waals surface area contributed by atoms with Crippen LogP contribution in [-0.2, 0) is 25.7 Å². The molecule has 9 heteroatoms. The summed E-state index contributed by atoms with van der Waals surface area (Å²) in [7, 11) is 0. The maximum absolute atomic E-state index is 12.4. The highest BCUT2D eigenvalue weighted by Crippen LogP contribution is 2.43. The zero-order chi connectivity index (χ0) is 19.2. The van der Waals surface area contributed by atoms with Crippen molar-refractivity contribution in [3.8, 4) is 0 Å². The number of ketones is 1. The largest absolute Gasteiger partial charge is 0.459 e. The molecule has 5 atom stereocenters. The molecule has 3 unspecified atom stereocenters. The number of β-lactam (4-membered cyclic amide) rings is 1. The number of benzene rings is 1.